The molecule has 7 aromatic carbocycles. The van der Waals surface area contributed by atoms with Crippen molar-refractivity contribution in [1.29, 1.82) is 5.26 Å². The molecule has 5 heteroatoms. The van der Waals surface area contributed by atoms with Crippen LogP contribution in [-0.2, 0) is 0 Å². The quantitative estimate of drug-likeness (QED) is 0.179. The van der Waals surface area contributed by atoms with E-state index < -0.39 is 0 Å². The van der Waals surface area contributed by atoms with Crippen molar-refractivity contribution in [1.82, 2.24) is 15.0 Å². The van der Waals surface area contributed by atoms with Crippen LogP contribution in [0.15, 0.2) is 174 Å². The number of hydrogen-bond acceptors (Lipinski definition) is 5. The Bertz CT molecular complexity index is 2760. The zero-order valence-electron chi connectivity index (χ0n) is 27.4. The molecule has 0 aliphatic carbocycles. The maximum atomic E-state index is 9.58. The van der Waals surface area contributed by atoms with E-state index in [4.69, 9.17) is 19.4 Å². The Hall–Kier alpha value is -7.16. The van der Waals surface area contributed by atoms with E-state index in [-0.39, 0.29) is 0 Å². The van der Waals surface area contributed by atoms with Crippen molar-refractivity contribution in [2.24, 2.45) is 0 Å². The van der Waals surface area contributed by atoms with Crippen molar-refractivity contribution in [3.8, 4) is 73.6 Å². The zero-order valence-corrected chi connectivity index (χ0v) is 27.4. The molecule has 2 aromatic heterocycles. The molecule has 0 saturated heterocycles. The van der Waals surface area contributed by atoms with Crippen LogP contribution in [0, 0.1) is 11.3 Å². The van der Waals surface area contributed by atoms with Gasteiger partial charge in [0.25, 0.3) is 0 Å². The lowest BCUT2D eigenvalue weighted by Gasteiger charge is -2.12. The van der Waals surface area contributed by atoms with Gasteiger partial charge in [-0.15, -0.1) is 0 Å². The monoisotopic (exact) mass is 652 g/mol. The lowest BCUT2D eigenvalue weighted by atomic mass is 9.96. The lowest BCUT2D eigenvalue weighted by molar-refractivity contribution is 0.669. The molecule has 0 bridgehead atoms. The molecule has 51 heavy (non-hydrogen) atoms. The summed E-state index contributed by atoms with van der Waals surface area (Å²) in [6.45, 7) is 0. The molecular formula is C46H28N4O. The maximum Gasteiger partial charge on any atom is 0.164 e. The molecule has 0 aliphatic heterocycles. The predicted molar refractivity (Wildman–Crippen MR) is 204 cm³/mol. The summed E-state index contributed by atoms with van der Waals surface area (Å²) in [5, 5.41) is 11.7. The van der Waals surface area contributed by atoms with Gasteiger partial charge in [0, 0.05) is 27.5 Å². The Kier molecular flexibility index (Phi) is 7.46. The van der Waals surface area contributed by atoms with E-state index in [0.717, 1.165) is 60.9 Å². The topological polar surface area (TPSA) is 75.6 Å². The molecule has 238 valence electrons. The Morgan fingerprint density at radius 3 is 1.76 bits per heavy atom. The number of aromatic nitrogens is 3. The van der Waals surface area contributed by atoms with E-state index in [1.807, 2.05) is 97.1 Å². The number of nitrogens with zero attached hydrogens (tertiary/aromatic N) is 4. The Balaban J connectivity index is 1.19. The average Bonchev–Trinajstić information content (AvgIpc) is 3.60. The van der Waals surface area contributed by atoms with Gasteiger partial charge in [0.1, 0.15) is 11.2 Å². The van der Waals surface area contributed by atoms with Crippen LogP contribution in [0.1, 0.15) is 5.56 Å². The maximum absolute atomic E-state index is 9.58. The van der Waals surface area contributed by atoms with E-state index in [9.17, 15) is 5.26 Å². The highest BCUT2D eigenvalue weighted by Gasteiger charge is 2.18. The standard InChI is InChI=1S/C46H28N4O/c47-29-30-12-9-18-34(26-30)37-20-7-8-21-39(37)46-49-44(32-15-5-2-6-16-32)48-45(50-46)36-24-25-40-42(28-36)51-41-23-11-22-38(43(40)41)35-19-10-17-33(27-35)31-13-3-1-4-14-31/h1-28H. The van der Waals surface area contributed by atoms with Gasteiger partial charge in [-0.1, -0.05) is 133 Å². The van der Waals surface area contributed by atoms with E-state index in [0.29, 0.717) is 23.0 Å². The molecule has 9 rings (SSSR count). The number of nitriles is 1. The van der Waals surface area contributed by atoms with Crippen molar-refractivity contribution >= 4 is 21.9 Å². The van der Waals surface area contributed by atoms with Gasteiger partial charge in [0.05, 0.1) is 11.6 Å². The summed E-state index contributed by atoms with van der Waals surface area (Å²) in [5.74, 6) is 1.65. The van der Waals surface area contributed by atoms with E-state index in [1.165, 1.54) is 11.1 Å². The summed E-state index contributed by atoms with van der Waals surface area (Å²) in [7, 11) is 0. The molecule has 0 radical (unpaired) electrons. The van der Waals surface area contributed by atoms with Crippen LogP contribution in [0.25, 0.3) is 89.5 Å². The SMILES string of the molecule is N#Cc1cccc(-c2ccccc2-c2nc(-c3ccccc3)nc(-c3ccc4c(c3)oc3cccc(-c5cccc(-c6ccccc6)c5)c34)n2)c1. The molecule has 0 fully saturated rings. The molecule has 0 N–H and O–H groups in total. The molecule has 0 spiro atoms. The molecule has 0 amide bonds. The van der Waals surface area contributed by atoms with Gasteiger partial charge in [0.2, 0.25) is 0 Å². The number of benzene rings is 7. The highest BCUT2D eigenvalue weighted by Crippen LogP contribution is 2.39. The first-order valence-electron chi connectivity index (χ1n) is 16.7. The first-order chi connectivity index (χ1) is 25.2. The summed E-state index contributed by atoms with van der Waals surface area (Å²) in [5.41, 5.74) is 11.2. The van der Waals surface area contributed by atoms with Gasteiger partial charge in [0.15, 0.2) is 17.5 Å². The lowest BCUT2D eigenvalue weighted by Crippen LogP contribution is -2.01. The van der Waals surface area contributed by atoms with Crippen LogP contribution in [-0.4, -0.2) is 15.0 Å². The fourth-order valence-electron chi connectivity index (χ4n) is 6.73. The molecule has 0 saturated carbocycles. The summed E-state index contributed by atoms with van der Waals surface area (Å²) in [6, 6.07) is 59.3. The summed E-state index contributed by atoms with van der Waals surface area (Å²) < 4.78 is 6.52. The Morgan fingerprint density at radius 1 is 0.392 bits per heavy atom. The largest absolute Gasteiger partial charge is 0.456 e. The van der Waals surface area contributed by atoms with Crippen molar-refractivity contribution in [2.75, 3.05) is 0 Å². The normalized spacial score (nSPS) is 11.1. The molecule has 2 heterocycles. The zero-order chi connectivity index (χ0) is 34.1. The molecular weight excluding hydrogens is 625 g/mol. The summed E-state index contributed by atoms with van der Waals surface area (Å²) in [6.07, 6.45) is 0. The van der Waals surface area contributed by atoms with Gasteiger partial charge in [-0.2, -0.15) is 5.26 Å². The fraction of sp³-hybridized carbons (Fsp3) is 0. The second kappa shape index (κ2) is 12.7. The van der Waals surface area contributed by atoms with Crippen LogP contribution in [0.5, 0.6) is 0 Å². The minimum atomic E-state index is 0.539. The van der Waals surface area contributed by atoms with Crippen LogP contribution in [0.3, 0.4) is 0 Å². The van der Waals surface area contributed by atoms with Crippen LogP contribution >= 0.6 is 0 Å². The Labute approximate surface area is 294 Å². The van der Waals surface area contributed by atoms with Crippen LogP contribution in [0.2, 0.25) is 0 Å². The smallest absolute Gasteiger partial charge is 0.164 e. The summed E-state index contributed by atoms with van der Waals surface area (Å²) in [4.78, 5) is 15.0. The Morgan fingerprint density at radius 2 is 0.980 bits per heavy atom. The van der Waals surface area contributed by atoms with Crippen molar-refractivity contribution in [3.63, 3.8) is 0 Å². The van der Waals surface area contributed by atoms with Crippen LogP contribution < -0.4 is 0 Å². The van der Waals surface area contributed by atoms with Gasteiger partial charge >= 0.3 is 0 Å². The van der Waals surface area contributed by atoms with Gasteiger partial charge < -0.3 is 4.42 Å². The van der Waals surface area contributed by atoms with E-state index in [1.54, 1.807) is 6.07 Å². The molecule has 0 aliphatic rings. The average molecular weight is 653 g/mol. The fourth-order valence-corrected chi connectivity index (χ4v) is 6.73. The van der Waals surface area contributed by atoms with Gasteiger partial charge in [-0.05, 0) is 69.8 Å². The molecule has 0 unspecified atom stereocenters. The first-order valence-corrected chi connectivity index (χ1v) is 16.7. The number of rotatable bonds is 6. The minimum absolute atomic E-state index is 0.539. The highest BCUT2D eigenvalue weighted by atomic mass is 16.3. The van der Waals surface area contributed by atoms with Gasteiger partial charge in [-0.3, -0.25) is 0 Å². The van der Waals surface area contributed by atoms with Gasteiger partial charge in [-0.25, -0.2) is 15.0 Å². The number of hydrogen-bond donors (Lipinski definition) is 0. The number of fused-ring (bicyclic) bond motifs is 3. The third-order valence-corrected chi connectivity index (χ3v) is 9.17. The van der Waals surface area contributed by atoms with E-state index >= 15 is 0 Å². The minimum Gasteiger partial charge on any atom is -0.456 e. The highest BCUT2D eigenvalue weighted by molar-refractivity contribution is 6.13. The van der Waals surface area contributed by atoms with E-state index in [2.05, 4.69) is 72.8 Å². The molecule has 5 nitrogen and oxygen atoms in total. The third kappa shape index (κ3) is 5.61. The molecule has 0 atom stereocenters. The summed E-state index contributed by atoms with van der Waals surface area (Å²) >= 11 is 0. The van der Waals surface area contributed by atoms with Crippen molar-refractivity contribution < 1.29 is 4.42 Å². The van der Waals surface area contributed by atoms with Crippen LogP contribution in [0.4, 0.5) is 0 Å². The second-order valence-corrected chi connectivity index (χ2v) is 12.3. The van der Waals surface area contributed by atoms with Crippen molar-refractivity contribution in [2.45, 2.75) is 0 Å². The third-order valence-electron chi connectivity index (χ3n) is 9.17. The second-order valence-electron chi connectivity index (χ2n) is 12.3. The first kappa shape index (κ1) is 29.9. The van der Waals surface area contributed by atoms with Crippen molar-refractivity contribution in [3.05, 3.63) is 175 Å². The molecule has 9 aromatic rings. The number of furan rings is 1. The predicted octanol–water partition coefficient (Wildman–Crippen LogP) is 11.6.